The Morgan fingerprint density at radius 3 is 2.62 bits per heavy atom. The van der Waals surface area contributed by atoms with Crippen molar-refractivity contribution < 1.29 is 0 Å². The van der Waals surface area contributed by atoms with Crippen molar-refractivity contribution in [2.24, 2.45) is 0 Å². The first-order chi connectivity index (χ1) is 7.86. The summed E-state index contributed by atoms with van der Waals surface area (Å²) in [7, 11) is 0. The van der Waals surface area contributed by atoms with Crippen molar-refractivity contribution in [2.45, 2.75) is 25.7 Å². The van der Waals surface area contributed by atoms with E-state index in [1.165, 1.54) is 18.4 Å². The van der Waals surface area contributed by atoms with E-state index in [4.69, 9.17) is 11.6 Å². The Balaban J connectivity index is 2.12. The number of fused-ring (bicyclic) bond motifs is 1. The summed E-state index contributed by atoms with van der Waals surface area (Å²) >= 11 is 6.30. The zero-order chi connectivity index (χ0) is 11.0. The van der Waals surface area contributed by atoms with Crippen LogP contribution in [0.5, 0.6) is 0 Å². The van der Waals surface area contributed by atoms with Crippen molar-refractivity contribution in [3.8, 4) is 5.95 Å². The zero-order valence-corrected chi connectivity index (χ0v) is 9.48. The summed E-state index contributed by atoms with van der Waals surface area (Å²) in [6.07, 6.45) is 7.79. The van der Waals surface area contributed by atoms with E-state index >= 15 is 0 Å². The third-order valence-corrected chi connectivity index (χ3v) is 3.22. The second-order valence-electron chi connectivity index (χ2n) is 3.88. The molecule has 2 aromatic rings. The van der Waals surface area contributed by atoms with Gasteiger partial charge in [-0.25, -0.2) is 9.97 Å². The SMILES string of the molecule is Clc1c2c(nn1-c1ncccn1)CCCC2. The Bertz CT molecular complexity index is 506. The van der Waals surface area contributed by atoms with Crippen LogP contribution in [0.1, 0.15) is 24.1 Å². The number of halogens is 1. The molecule has 0 saturated carbocycles. The summed E-state index contributed by atoms with van der Waals surface area (Å²) in [4.78, 5) is 8.32. The molecule has 0 saturated heterocycles. The smallest absolute Gasteiger partial charge is 0.220 e. The van der Waals surface area contributed by atoms with Gasteiger partial charge in [0.05, 0.1) is 5.69 Å². The molecular formula is C11H11ClN4. The normalized spacial score (nSPS) is 14.8. The standard InChI is InChI=1S/C11H11ClN4/c12-10-8-4-1-2-5-9(8)15-16(10)11-13-6-3-7-14-11/h3,6-7H,1-2,4-5H2. The molecule has 5 heteroatoms. The summed E-state index contributed by atoms with van der Waals surface area (Å²) in [5.74, 6) is 0.543. The van der Waals surface area contributed by atoms with E-state index in [1.807, 2.05) is 0 Å². The van der Waals surface area contributed by atoms with Crippen molar-refractivity contribution in [1.82, 2.24) is 19.7 Å². The molecular weight excluding hydrogens is 224 g/mol. The summed E-state index contributed by atoms with van der Waals surface area (Å²) in [6.45, 7) is 0. The molecule has 0 aromatic carbocycles. The van der Waals surface area contributed by atoms with Crippen LogP contribution in [0.2, 0.25) is 5.15 Å². The van der Waals surface area contributed by atoms with Gasteiger partial charge in [0.25, 0.3) is 5.95 Å². The lowest BCUT2D eigenvalue weighted by molar-refractivity contribution is 0.669. The summed E-state index contributed by atoms with van der Waals surface area (Å²) in [6, 6.07) is 1.78. The second-order valence-corrected chi connectivity index (χ2v) is 4.24. The first-order valence-corrected chi connectivity index (χ1v) is 5.78. The van der Waals surface area contributed by atoms with Gasteiger partial charge in [-0.3, -0.25) is 0 Å². The van der Waals surface area contributed by atoms with Crippen molar-refractivity contribution in [3.05, 3.63) is 34.9 Å². The van der Waals surface area contributed by atoms with Gasteiger partial charge in [0.2, 0.25) is 0 Å². The third-order valence-electron chi connectivity index (χ3n) is 2.84. The van der Waals surface area contributed by atoms with E-state index in [0.29, 0.717) is 11.1 Å². The van der Waals surface area contributed by atoms with E-state index in [0.717, 1.165) is 18.5 Å². The minimum absolute atomic E-state index is 0.543. The first-order valence-electron chi connectivity index (χ1n) is 5.40. The molecule has 1 aliphatic rings. The molecule has 0 amide bonds. The molecule has 0 fully saturated rings. The molecule has 0 spiro atoms. The van der Waals surface area contributed by atoms with Gasteiger partial charge in [-0.2, -0.15) is 9.78 Å². The minimum atomic E-state index is 0.543. The molecule has 0 bridgehead atoms. The molecule has 16 heavy (non-hydrogen) atoms. The van der Waals surface area contributed by atoms with Gasteiger partial charge in [0.1, 0.15) is 5.15 Å². The number of hydrogen-bond donors (Lipinski definition) is 0. The molecule has 82 valence electrons. The van der Waals surface area contributed by atoms with Gasteiger partial charge in [-0.15, -0.1) is 0 Å². The summed E-state index contributed by atoms with van der Waals surface area (Å²) < 4.78 is 1.64. The predicted octanol–water partition coefficient (Wildman–Crippen LogP) is 2.19. The highest BCUT2D eigenvalue weighted by Gasteiger charge is 2.20. The van der Waals surface area contributed by atoms with E-state index < -0.39 is 0 Å². The first kappa shape index (κ1) is 9.78. The highest BCUT2D eigenvalue weighted by molar-refractivity contribution is 6.30. The van der Waals surface area contributed by atoms with Crippen LogP contribution in [-0.4, -0.2) is 19.7 Å². The zero-order valence-electron chi connectivity index (χ0n) is 8.73. The van der Waals surface area contributed by atoms with Crippen LogP contribution in [0.4, 0.5) is 0 Å². The Hall–Kier alpha value is -1.42. The molecule has 2 heterocycles. The average molecular weight is 235 g/mol. The number of rotatable bonds is 1. The minimum Gasteiger partial charge on any atom is -0.220 e. The fourth-order valence-electron chi connectivity index (χ4n) is 2.05. The van der Waals surface area contributed by atoms with Gasteiger partial charge < -0.3 is 0 Å². The van der Waals surface area contributed by atoms with Crippen molar-refractivity contribution in [3.63, 3.8) is 0 Å². The highest BCUT2D eigenvalue weighted by atomic mass is 35.5. The maximum Gasteiger partial charge on any atom is 0.251 e. The highest BCUT2D eigenvalue weighted by Crippen LogP contribution is 2.28. The van der Waals surface area contributed by atoms with Crippen LogP contribution < -0.4 is 0 Å². The van der Waals surface area contributed by atoms with Crippen molar-refractivity contribution in [2.75, 3.05) is 0 Å². The Morgan fingerprint density at radius 1 is 1.12 bits per heavy atom. The Labute approximate surface area is 98.3 Å². The van der Waals surface area contributed by atoms with Gasteiger partial charge in [-0.1, -0.05) is 11.6 Å². The fraction of sp³-hybridized carbons (Fsp3) is 0.364. The molecule has 1 aliphatic carbocycles. The van der Waals surface area contributed by atoms with Gasteiger partial charge in [-0.05, 0) is 31.7 Å². The molecule has 2 aromatic heterocycles. The molecule has 0 atom stereocenters. The maximum absolute atomic E-state index is 6.30. The van der Waals surface area contributed by atoms with Crippen LogP contribution >= 0.6 is 11.6 Å². The average Bonchev–Trinajstić information content (AvgIpc) is 2.69. The third kappa shape index (κ3) is 1.50. The molecule has 0 unspecified atom stereocenters. The number of nitrogens with zero attached hydrogens (tertiary/aromatic N) is 4. The van der Waals surface area contributed by atoms with Crippen LogP contribution in [0.25, 0.3) is 5.95 Å². The summed E-state index contributed by atoms with van der Waals surface area (Å²) in [5.41, 5.74) is 2.27. The lowest BCUT2D eigenvalue weighted by Crippen LogP contribution is -2.02. The molecule has 4 nitrogen and oxygen atoms in total. The number of hydrogen-bond acceptors (Lipinski definition) is 3. The predicted molar refractivity (Wildman–Crippen MR) is 60.8 cm³/mol. The van der Waals surface area contributed by atoms with Gasteiger partial charge in [0.15, 0.2) is 0 Å². The van der Waals surface area contributed by atoms with E-state index in [2.05, 4.69) is 15.1 Å². The van der Waals surface area contributed by atoms with Crippen LogP contribution in [0.3, 0.4) is 0 Å². The Kier molecular flexibility index (Phi) is 2.36. The van der Waals surface area contributed by atoms with E-state index in [1.54, 1.807) is 23.1 Å². The molecule has 3 rings (SSSR count). The van der Waals surface area contributed by atoms with E-state index in [-0.39, 0.29) is 0 Å². The van der Waals surface area contributed by atoms with Crippen molar-refractivity contribution >= 4 is 11.6 Å². The van der Waals surface area contributed by atoms with Gasteiger partial charge in [0, 0.05) is 18.0 Å². The molecule has 0 radical (unpaired) electrons. The quantitative estimate of drug-likeness (QED) is 0.760. The lowest BCUT2D eigenvalue weighted by Gasteiger charge is -2.07. The second kappa shape index (κ2) is 3.87. The summed E-state index contributed by atoms with van der Waals surface area (Å²) in [5, 5.41) is 5.15. The van der Waals surface area contributed by atoms with Crippen LogP contribution in [0, 0.1) is 0 Å². The lowest BCUT2D eigenvalue weighted by atomic mass is 9.99. The van der Waals surface area contributed by atoms with E-state index in [9.17, 15) is 0 Å². The van der Waals surface area contributed by atoms with Crippen LogP contribution in [-0.2, 0) is 12.8 Å². The maximum atomic E-state index is 6.30. The topological polar surface area (TPSA) is 43.6 Å². The van der Waals surface area contributed by atoms with Crippen molar-refractivity contribution in [1.29, 1.82) is 0 Å². The molecule has 0 N–H and O–H groups in total. The van der Waals surface area contributed by atoms with Gasteiger partial charge >= 0.3 is 0 Å². The fourth-order valence-corrected chi connectivity index (χ4v) is 2.36. The monoisotopic (exact) mass is 234 g/mol. The van der Waals surface area contributed by atoms with Crippen LogP contribution in [0.15, 0.2) is 18.5 Å². The number of aryl methyl sites for hydroxylation is 1. The number of aromatic nitrogens is 4. The largest absolute Gasteiger partial charge is 0.251 e. The molecule has 0 aliphatic heterocycles. The Morgan fingerprint density at radius 2 is 1.88 bits per heavy atom.